The van der Waals surface area contributed by atoms with Crippen molar-refractivity contribution in [3.8, 4) is 5.75 Å². The van der Waals surface area contributed by atoms with Crippen molar-refractivity contribution < 1.29 is 23.1 Å². The summed E-state index contributed by atoms with van der Waals surface area (Å²) in [5.41, 5.74) is 0.412. The van der Waals surface area contributed by atoms with Crippen molar-refractivity contribution in [2.75, 3.05) is 31.5 Å². The molecule has 0 aromatic heterocycles. The Bertz CT molecular complexity index is 615. The highest BCUT2D eigenvalue weighted by Gasteiger charge is 2.28. The number of nitrogens with zero attached hydrogens (tertiary/aromatic N) is 2. The van der Waals surface area contributed by atoms with Gasteiger partial charge < -0.3 is 19.9 Å². The van der Waals surface area contributed by atoms with Crippen molar-refractivity contribution >= 4 is 17.6 Å². The van der Waals surface area contributed by atoms with Gasteiger partial charge in [-0.15, -0.1) is 0 Å². The van der Waals surface area contributed by atoms with Gasteiger partial charge in [-0.1, -0.05) is 6.07 Å². The Morgan fingerprint density at radius 3 is 2.50 bits per heavy atom. The molecular formula is C18H25F2N3O3. The minimum atomic E-state index is -2.91. The summed E-state index contributed by atoms with van der Waals surface area (Å²) in [6, 6.07) is 5.93. The quantitative estimate of drug-likeness (QED) is 0.836. The second kappa shape index (κ2) is 9.35. The molecule has 0 unspecified atom stereocenters. The fraction of sp³-hybridized carbons (Fsp3) is 0.556. The van der Waals surface area contributed by atoms with E-state index in [0.29, 0.717) is 44.7 Å². The van der Waals surface area contributed by atoms with Crippen LogP contribution in [0, 0.1) is 5.92 Å². The number of carbonyl (C=O) groups is 2. The van der Waals surface area contributed by atoms with Crippen molar-refractivity contribution in [3.63, 3.8) is 0 Å². The van der Waals surface area contributed by atoms with E-state index in [1.807, 2.05) is 13.8 Å². The van der Waals surface area contributed by atoms with Crippen LogP contribution in [0.4, 0.5) is 19.3 Å². The molecule has 1 aromatic carbocycles. The first-order valence-electron chi connectivity index (χ1n) is 8.84. The first-order chi connectivity index (χ1) is 12.4. The Labute approximate surface area is 152 Å². The lowest BCUT2D eigenvalue weighted by Crippen LogP contribution is -2.47. The molecule has 6 nitrogen and oxygen atoms in total. The molecule has 8 heteroatoms. The van der Waals surface area contributed by atoms with Gasteiger partial charge in [-0.3, -0.25) is 4.79 Å². The van der Waals surface area contributed by atoms with Gasteiger partial charge in [-0.05, 0) is 38.8 Å². The number of ether oxygens (including phenoxy) is 1. The number of benzene rings is 1. The number of amides is 3. The van der Waals surface area contributed by atoms with E-state index in [1.165, 1.54) is 12.1 Å². The molecule has 2 rings (SSSR count). The summed E-state index contributed by atoms with van der Waals surface area (Å²) < 4.78 is 28.9. The van der Waals surface area contributed by atoms with Crippen LogP contribution in [0.25, 0.3) is 0 Å². The Morgan fingerprint density at radius 2 is 1.92 bits per heavy atom. The van der Waals surface area contributed by atoms with Crippen LogP contribution in [-0.2, 0) is 4.79 Å². The fourth-order valence-electron chi connectivity index (χ4n) is 3.02. The maximum atomic E-state index is 12.4. The monoisotopic (exact) mass is 369 g/mol. The number of likely N-dealkylation sites (tertiary alicyclic amines) is 1. The van der Waals surface area contributed by atoms with Crippen LogP contribution in [0.2, 0.25) is 0 Å². The SMILES string of the molecule is CCN(CC)C(=O)N1CCC(C(=O)Nc2cccc(OC(F)F)c2)CC1. The molecule has 0 bridgehead atoms. The zero-order chi connectivity index (χ0) is 19.1. The number of rotatable bonds is 6. The van der Waals surface area contributed by atoms with Crippen LogP contribution in [0.3, 0.4) is 0 Å². The van der Waals surface area contributed by atoms with E-state index in [2.05, 4.69) is 10.1 Å². The highest BCUT2D eigenvalue weighted by Crippen LogP contribution is 2.23. The molecule has 1 aromatic rings. The molecule has 0 spiro atoms. The molecule has 1 aliphatic rings. The van der Waals surface area contributed by atoms with Gasteiger partial charge in [0.2, 0.25) is 5.91 Å². The zero-order valence-electron chi connectivity index (χ0n) is 15.1. The third kappa shape index (κ3) is 5.31. The summed E-state index contributed by atoms with van der Waals surface area (Å²) >= 11 is 0. The summed E-state index contributed by atoms with van der Waals surface area (Å²) in [7, 11) is 0. The van der Waals surface area contributed by atoms with Crippen molar-refractivity contribution in [2.45, 2.75) is 33.3 Å². The number of piperidine rings is 1. The van der Waals surface area contributed by atoms with Gasteiger partial charge in [0.05, 0.1) is 0 Å². The summed E-state index contributed by atoms with van der Waals surface area (Å²) in [5, 5.41) is 2.74. The summed E-state index contributed by atoms with van der Waals surface area (Å²) in [6.45, 7) is 3.35. The average molecular weight is 369 g/mol. The molecule has 0 atom stereocenters. The second-order valence-corrected chi connectivity index (χ2v) is 6.11. The van der Waals surface area contributed by atoms with Gasteiger partial charge in [0.1, 0.15) is 5.75 Å². The minimum Gasteiger partial charge on any atom is -0.435 e. The Morgan fingerprint density at radius 1 is 1.27 bits per heavy atom. The highest BCUT2D eigenvalue weighted by molar-refractivity contribution is 5.93. The van der Waals surface area contributed by atoms with Crippen molar-refractivity contribution in [3.05, 3.63) is 24.3 Å². The summed E-state index contributed by atoms with van der Waals surface area (Å²) in [4.78, 5) is 28.3. The van der Waals surface area contributed by atoms with Gasteiger partial charge in [-0.25, -0.2) is 4.79 Å². The number of alkyl halides is 2. The number of nitrogens with one attached hydrogen (secondary N) is 1. The molecule has 0 radical (unpaired) electrons. The van der Waals surface area contributed by atoms with Gasteiger partial charge in [-0.2, -0.15) is 8.78 Å². The van der Waals surface area contributed by atoms with Gasteiger partial charge in [0.25, 0.3) is 0 Å². The zero-order valence-corrected chi connectivity index (χ0v) is 15.1. The molecule has 1 fully saturated rings. The lowest BCUT2D eigenvalue weighted by Gasteiger charge is -2.34. The maximum Gasteiger partial charge on any atom is 0.387 e. The number of anilines is 1. The topological polar surface area (TPSA) is 61.9 Å². The molecule has 0 aliphatic carbocycles. The first kappa shape index (κ1) is 19.9. The number of carbonyl (C=O) groups excluding carboxylic acids is 2. The predicted molar refractivity (Wildman–Crippen MR) is 94.3 cm³/mol. The molecule has 0 saturated carbocycles. The third-order valence-electron chi connectivity index (χ3n) is 4.50. The van der Waals surface area contributed by atoms with Crippen LogP contribution < -0.4 is 10.1 Å². The van der Waals surface area contributed by atoms with Crippen molar-refractivity contribution in [1.82, 2.24) is 9.80 Å². The number of hydrogen-bond donors (Lipinski definition) is 1. The van der Waals surface area contributed by atoms with E-state index in [1.54, 1.807) is 21.9 Å². The van der Waals surface area contributed by atoms with E-state index < -0.39 is 6.61 Å². The molecule has 144 valence electrons. The largest absolute Gasteiger partial charge is 0.435 e. The molecule has 1 N–H and O–H groups in total. The lowest BCUT2D eigenvalue weighted by atomic mass is 9.96. The minimum absolute atomic E-state index is 0.00237. The van der Waals surface area contributed by atoms with Gasteiger partial charge in [0, 0.05) is 43.9 Å². The predicted octanol–water partition coefficient (Wildman–Crippen LogP) is 3.40. The van der Waals surface area contributed by atoms with Gasteiger partial charge in [0.15, 0.2) is 0 Å². The lowest BCUT2D eigenvalue weighted by molar-refractivity contribution is -0.121. The summed E-state index contributed by atoms with van der Waals surface area (Å²) in [6.07, 6.45) is 1.15. The van der Waals surface area contributed by atoms with E-state index in [-0.39, 0.29) is 23.6 Å². The third-order valence-corrected chi connectivity index (χ3v) is 4.50. The van der Waals surface area contributed by atoms with Crippen LogP contribution in [0.1, 0.15) is 26.7 Å². The molecular weight excluding hydrogens is 344 g/mol. The smallest absolute Gasteiger partial charge is 0.387 e. The van der Waals surface area contributed by atoms with Crippen molar-refractivity contribution in [2.24, 2.45) is 5.92 Å². The fourth-order valence-corrected chi connectivity index (χ4v) is 3.02. The molecule has 26 heavy (non-hydrogen) atoms. The highest BCUT2D eigenvalue weighted by atomic mass is 19.3. The molecule has 1 heterocycles. The molecule has 1 saturated heterocycles. The number of urea groups is 1. The standard InChI is InChI=1S/C18H25F2N3O3/c1-3-22(4-2)18(25)23-10-8-13(9-11-23)16(24)21-14-6-5-7-15(12-14)26-17(19)20/h5-7,12-13,17H,3-4,8-11H2,1-2H3,(H,21,24). The Balaban J connectivity index is 1.88. The van der Waals surface area contributed by atoms with E-state index >= 15 is 0 Å². The van der Waals surface area contributed by atoms with Crippen molar-refractivity contribution in [1.29, 1.82) is 0 Å². The first-order valence-corrected chi connectivity index (χ1v) is 8.84. The Hall–Kier alpha value is -2.38. The molecule has 1 aliphatic heterocycles. The van der Waals surface area contributed by atoms with Crippen LogP contribution in [-0.4, -0.2) is 54.5 Å². The van der Waals surface area contributed by atoms with E-state index in [4.69, 9.17) is 0 Å². The van der Waals surface area contributed by atoms with Crippen LogP contribution in [0.5, 0.6) is 5.75 Å². The maximum absolute atomic E-state index is 12.4. The normalized spacial score (nSPS) is 15.0. The second-order valence-electron chi connectivity index (χ2n) is 6.11. The number of hydrogen-bond acceptors (Lipinski definition) is 3. The van der Waals surface area contributed by atoms with Gasteiger partial charge >= 0.3 is 12.6 Å². The Kier molecular flexibility index (Phi) is 7.17. The van der Waals surface area contributed by atoms with E-state index in [0.717, 1.165) is 0 Å². The van der Waals surface area contributed by atoms with Crippen LogP contribution in [0.15, 0.2) is 24.3 Å². The van der Waals surface area contributed by atoms with Crippen LogP contribution >= 0.6 is 0 Å². The number of halogens is 2. The summed E-state index contributed by atoms with van der Waals surface area (Å²) in [5.74, 6) is -0.387. The average Bonchev–Trinajstić information content (AvgIpc) is 2.62. The molecule has 3 amide bonds. The van der Waals surface area contributed by atoms with E-state index in [9.17, 15) is 18.4 Å².